The number of nitrogens with one attached hydrogen (secondary N) is 1. The zero-order valence-corrected chi connectivity index (χ0v) is 14.9. The molecule has 0 aliphatic rings. The molecule has 0 bridgehead atoms. The van der Waals surface area contributed by atoms with Gasteiger partial charge in [-0.1, -0.05) is 10.6 Å². The van der Waals surface area contributed by atoms with Crippen molar-refractivity contribution >= 4 is 38.0 Å². The lowest BCUT2D eigenvalue weighted by Gasteiger charge is -2.00. The van der Waals surface area contributed by atoms with E-state index in [1.165, 1.54) is 25.1 Å². The number of nitro groups is 2. The minimum absolute atomic E-state index is 0.0838. The summed E-state index contributed by atoms with van der Waals surface area (Å²) in [7, 11) is -4.43. The molecule has 0 fully saturated rings. The first-order valence-corrected chi connectivity index (χ1v) is 8.96. The van der Waals surface area contributed by atoms with Crippen molar-refractivity contribution in [1.29, 1.82) is 0 Å². The maximum atomic E-state index is 12.4. The van der Waals surface area contributed by atoms with Gasteiger partial charge in [-0.25, -0.2) is 0 Å². The van der Waals surface area contributed by atoms with Crippen molar-refractivity contribution in [3.63, 3.8) is 0 Å². The quantitative estimate of drug-likeness (QED) is 0.370. The van der Waals surface area contributed by atoms with Gasteiger partial charge in [0.1, 0.15) is 0 Å². The Morgan fingerprint density at radius 1 is 1.07 bits per heavy atom. The maximum absolute atomic E-state index is 12.4. The molecule has 0 atom stereocenters. The molecule has 3 aromatic rings. The molecule has 0 spiro atoms. The Bertz CT molecular complexity index is 1260. The summed E-state index contributed by atoms with van der Waals surface area (Å²) in [5, 5.41) is 35.4. The number of aromatic amines is 1. The third-order valence-electron chi connectivity index (χ3n) is 3.87. The second-order valence-electron chi connectivity index (χ2n) is 5.67. The summed E-state index contributed by atoms with van der Waals surface area (Å²) >= 11 is 0. The molecular weight excluding hydrogens is 394 g/mol. The number of hydrogen-bond acceptors (Lipinski definition) is 8. The topological polar surface area (TPSA) is 181 Å². The Kier molecular flexibility index (Phi) is 4.52. The van der Waals surface area contributed by atoms with Crippen LogP contribution < -0.4 is 0 Å². The first-order chi connectivity index (χ1) is 13.1. The van der Waals surface area contributed by atoms with Crippen LogP contribution in [-0.2, 0) is 10.0 Å². The van der Waals surface area contributed by atoms with E-state index in [9.17, 15) is 33.8 Å². The van der Waals surface area contributed by atoms with Crippen LogP contribution in [0.25, 0.3) is 10.9 Å². The Balaban J connectivity index is 2.07. The molecule has 0 radical (unpaired) electrons. The fourth-order valence-corrected chi connectivity index (χ4v) is 3.24. The normalized spacial score (nSPS) is 11.9. The minimum atomic E-state index is -4.43. The van der Waals surface area contributed by atoms with Crippen molar-refractivity contribution in [1.82, 2.24) is 4.98 Å². The van der Waals surface area contributed by atoms with E-state index in [1.807, 2.05) is 0 Å². The molecule has 0 saturated heterocycles. The average Bonchev–Trinajstić information content (AvgIpc) is 2.94. The maximum Gasteiger partial charge on any atom is 0.300 e. The number of nitrogens with zero attached hydrogens (tertiary/aromatic N) is 4. The fraction of sp³-hybridized carbons (Fsp3) is 0.0667. The number of rotatable bonds is 5. The van der Waals surface area contributed by atoms with Gasteiger partial charge in [-0.05, 0) is 19.1 Å². The second-order valence-corrected chi connectivity index (χ2v) is 7.26. The number of aromatic hydroxyl groups is 1. The van der Waals surface area contributed by atoms with E-state index < -0.39 is 36.3 Å². The monoisotopic (exact) mass is 405 g/mol. The standard InChI is InChI=1S/C15H11N5O7S/c1-8-2-4-10(7-13(8)20(24)25)28(26,27)18-17-14-11-6-9(19(22)23)3-5-12(11)16-15(14)21/h2-7,16,21H,1H3. The molecule has 12 nitrogen and oxygen atoms in total. The fourth-order valence-electron chi connectivity index (χ4n) is 2.45. The number of H-pyrrole nitrogens is 1. The number of hydrogen-bond donors (Lipinski definition) is 2. The Hall–Kier alpha value is -3.87. The SMILES string of the molecule is Cc1ccc(S(=O)(=O)N=Nc2c(O)[nH]c3ccc([N+](=O)[O-])cc23)cc1[N+](=O)[O-]. The summed E-state index contributed by atoms with van der Waals surface area (Å²) in [4.78, 5) is 22.5. The van der Waals surface area contributed by atoms with Crippen molar-refractivity contribution in [3.05, 3.63) is 62.2 Å². The van der Waals surface area contributed by atoms with Gasteiger partial charge in [0.25, 0.3) is 21.4 Å². The number of benzene rings is 2. The van der Waals surface area contributed by atoms with Crippen molar-refractivity contribution in [2.24, 2.45) is 9.63 Å². The van der Waals surface area contributed by atoms with E-state index in [1.54, 1.807) is 0 Å². The number of aromatic nitrogens is 1. The van der Waals surface area contributed by atoms with Crippen LogP contribution >= 0.6 is 0 Å². The lowest BCUT2D eigenvalue weighted by atomic mass is 10.2. The second kappa shape index (κ2) is 6.70. The molecule has 28 heavy (non-hydrogen) atoms. The van der Waals surface area contributed by atoms with Gasteiger partial charge in [-0.2, -0.15) is 8.42 Å². The molecule has 0 amide bonds. The van der Waals surface area contributed by atoms with Gasteiger partial charge >= 0.3 is 0 Å². The van der Waals surface area contributed by atoms with Gasteiger partial charge in [0.05, 0.1) is 20.3 Å². The van der Waals surface area contributed by atoms with Gasteiger partial charge in [-0.15, -0.1) is 5.11 Å². The number of sulfonamides is 1. The van der Waals surface area contributed by atoms with E-state index in [2.05, 4.69) is 14.6 Å². The van der Waals surface area contributed by atoms with Crippen LogP contribution in [0, 0.1) is 27.2 Å². The van der Waals surface area contributed by atoms with E-state index in [0.717, 1.165) is 18.2 Å². The largest absolute Gasteiger partial charge is 0.493 e. The summed E-state index contributed by atoms with van der Waals surface area (Å²) in [5.74, 6) is -0.538. The van der Waals surface area contributed by atoms with Crippen LogP contribution in [0.4, 0.5) is 17.1 Å². The summed E-state index contributed by atoms with van der Waals surface area (Å²) in [6.45, 7) is 1.45. The summed E-state index contributed by atoms with van der Waals surface area (Å²) in [5.41, 5.74) is -0.464. The molecule has 0 aliphatic heterocycles. The molecule has 0 saturated carbocycles. The Labute approximate surface area is 156 Å². The van der Waals surface area contributed by atoms with Gasteiger partial charge < -0.3 is 10.1 Å². The highest BCUT2D eigenvalue weighted by molar-refractivity contribution is 7.90. The molecule has 3 rings (SSSR count). The first-order valence-electron chi connectivity index (χ1n) is 7.52. The smallest absolute Gasteiger partial charge is 0.300 e. The van der Waals surface area contributed by atoms with E-state index in [0.29, 0.717) is 0 Å². The molecule has 1 heterocycles. The number of aryl methyl sites for hydroxylation is 1. The third kappa shape index (κ3) is 3.37. The van der Waals surface area contributed by atoms with Gasteiger partial charge in [-0.3, -0.25) is 20.2 Å². The van der Waals surface area contributed by atoms with Crippen LogP contribution in [0.5, 0.6) is 5.88 Å². The molecule has 2 N–H and O–H groups in total. The number of fused-ring (bicyclic) bond motifs is 1. The molecule has 2 aromatic carbocycles. The van der Waals surface area contributed by atoms with E-state index in [-0.39, 0.29) is 27.8 Å². The van der Waals surface area contributed by atoms with Crippen molar-refractivity contribution in [2.45, 2.75) is 11.8 Å². The first kappa shape index (κ1) is 18.9. The van der Waals surface area contributed by atoms with Crippen LogP contribution in [0.15, 0.2) is 50.9 Å². The van der Waals surface area contributed by atoms with Crippen LogP contribution in [0.1, 0.15) is 5.56 Å². The molecular formula is C15H11N5O7S. The lowest BCUT2D eigenvalue weighted by molar-refractivity contribution is -0.385. The van der Waals surface area contributed by atoms with Crippen molar-refractivity contribution in [2.75, 3.05) is 0 Å². The lowest BCUT2D eigenvalue weighted by Crippen LogP contribution is -1.99. The molecule has 144 valence electrons. The minimum Gasteiger partial charge on any atom is -0.493 e. The number of non-ortho nitro benzene ring substituents is 1. The molecule has 13 heteroatoms. The summed E-state index contributed by atoms with van der Waals surface area (Å²) < 4.78 is 27.9. The van der Waals surface area contributed by atoms with E-state index >= 15 is 0 Å². The van der Waals surface area contributed by atoms with Crippen molar-refractivity contribution in [3.8, 4) is 5.88 Å². The molecule has 1 aromatic heterocycles. The van der Waals surface area contributed by atoms with Crippen LogP contribution in [0.3, 0.4) is 0 Å². The van der Waals surface area contributed by atoms with E-state index in [4.69, 9.17) is 0 Å². The number of nitro benzene ring substituents is 2. The molecule has 0 unspecified atom stereocenters. The third-order valence-corrected chi connectivity index (χ3v) is 5.02. The highest BCUT2D eigenvalue weighted by Crippen LogP contribution is 2.37. The van der Waals surface area contributed by atoms with Gasteiger partial charge in [0.15, 0.2) is 5.69 Å². The molecule has 0 aliphatic carbocycles. The van der Waals surface area contributed by atoms with Crippen LogP contribution in [0.2, 0.25) is 0 Å². The highest BCUT2D eigenvalue weighted by atomic mass is 32.2. The predicted octanol–water partition coefficient (Wildman–Crippen LogP) is 3.47. The Morgan fingerprint density at radius 2 is 1.79 bits per heavy atom. The zero-order chi connectivity index (χ0) is 20.6. The zero-order valence-electron chi connectivity index (χ0n) is 14.1. The van der Waals surface area contributed by atoms with Gasteiger partial charge in [0.2, 0.25) is 5.88 Å². The predicted molar refractivity (Wildman–Crippen MR) is 96.2 cm³/mol. The highest BCUT2D eigenvalue weighted by Gasteiger charge is 2.21. The average molecular weight is 405 g/mol. The van der Waals surface area contributed by atoms with Crippen LogP contribution in [-0.4, -0.2) is 28.4 Å². The van der Waals surface area contributed by atoms with Crippen molar-refractivity contribution < 1.29 is 23.4 Å². The summed E-state index contributed by atoms with van der Waals surface area (Å²) in [6, 6.07) is 6.86. The van der Waals surface area contributed by atoms with Gasteiger partial charge in [0, 0.05) is 29.1 Å². The Morgan fingerprint density at radius 3 is 2.43 bits per heavy atom. The summed E-state index contributed by atoms with van der Waals surface area (Å²) in [6.07, 6.45) is 0.